The SMILES string of the molecule is COC(=O)CN(C(=O)N1CCOCC1CC(=O)O)C(C)C. The van der Waals surface area contributed by atoms with Crippen molar-refractivity contribution < 1.29 is 29.0 Å². The molecule has 120 valence electrons. The Morgan fingerprint density at radius 2 is 2.10 bits per heavy atom. The van der Waals surface area contributed by atoms with E-state index in [1.807, 2.05) is 0 Å². The largest absolute Gasteiger partial charge is 0.481 e. The van der Waals surface area contributed by atoms with Gasteiger partial charge >= 0.3 is 18.0 Å². The Bertz CT molecular complexity index is 398. The molecule has 1 fully saturated rings. The summed E-state index contributed by atoms with van der Waals surface area (Å²) in [6.07, 6.45) is -0.185. The van der Waals surface area contributed by atoms with Crippen LogP contribution in [0.15, 0.2) is 0 Å². The zero-order chi connectivity index (χ0) is 16.0. The molecular formula is C13H22N2O6. The fourth-order valence-corrected chi connectivity index (χ4v) is 2.12. The molecule has 0 radical (unpaired) electrons. The van der Waals surface area contributed by atoms with Crippen LogP contribution >= 0.6 is 0 Å². The van der Waals surface area contributed by atoms with Crippen LogP contribution in [0.4, 0.5) is 4.79 Å². The predicted molar refractivity (Wildman–Crippen MR) is 72.8 cm³/mol. The lowest BCUT2D eigenvalue weighted by atomic mass is 10.1. The van der Waals surface area contributed by atoms with Crippen molar-refractivity contribution in [1.29, 1.82) is 0 Å². The summed E-state index contributed by atoms with van der Waals surface area (Å²) in [6, 6.07) is -1.10. The van der Waals surface area contributed by atoms with Crippen LogP contribution in [0.1, 0.15) is 20.3 Å². The Balaban J connectivity index is 2.83. The number of hydrogen-bond acceptors (Lipinski definition) is 5. The van der Waals surface area contributed by atoms with Crippen molar-refractivity contribution in [1.82, 2.24) is 9.80 Å². The van der Waals surface area contributed by atoms with Crippen molar-refractivity contribution in [2.75, 3.05) is 33.4 Å². The van der Waals surface area contributed by atoms with Crippen molar-refractivity contribution in [3.05, 3.63) is 0 Å². The van der Waals surface area contributed by atoms with Crippen LogP contribution in [0.5, 0.6) is 0 Å². The van der Waals surface area contributed by atoms with Crippen molar-refractivity contribution >= 4 is 18.0 Å². The molecule has 1 rings (SSSR count). The monoisotopic (exact) mass is 302 g/mol. The number of carbonyl (C=O) groups excluding carboxylic acids is 2. The summed E-state index contributed by atoms with van der Waals surface area (Å²) in [4.78, 5) is 37.7. The third kappa shape index (κ3) is 4.89. The van der Waals surface area contributed by atoms with Crippen molar-refractivity contribution in [3.8, 4) is 0 Å². The van der Waals surface area contributed by atoms with Crippen LogP contribution in [-0.2, 0) is 19.1 Å². The number of carboxylic acids is 1. The maximum absolute atomic E-state index is 12.6. The van der Waals surface area contributed by atoms with Crippen molar-refractivity contribution in [3.63, 3.8) is 0 Å². The molecule has 0 aromatic heterocycles. The number of nitrogens with zero attached hydrogens (tertiary/aromatic N) is 2. The van der Waals surface area contributed by atoms with Gasteiger partial charge in [0.2, 0.25) is 0 Å². The Morgan fingerprint density at radius 1 is 1.43 bits per heavy atom. The first-order chi connectivity index (χ1) is 9.86. The van der Waals surface area contributed by atoms with E-state index < -0.39 is 18.0 Å². The average Bonchev–Trinajstić information content (AvgIpc) is 2.43. The number of aliphatic carboxylic acids is 1. The summed E-state index contributed by atoms with van der Waals surface area (Å²) < 4.78 is 9.83. The van der Waals surface area contributed by atoms with E-state index in [-0.39, 0.29) is 31.6 Å². The van der Waals surface area contributed by atoms with Crippen LogP contribution in [0.25, 0.3) is 0 Å². The topological polar surface area (TPSA) is 96.4 Å². The molecule has 21 heavy (non-hydrogen) atoms. The van der Waals surface area contributed by atoms with Gasteiger partial charge in [0.05, 0.1) is 32.8 Å². The number of methoxy groups -OCH3 is 1. The molecule has 0 aromatic carbocycles. The smallest absolute Gasteiger partial charge is 0.325 e. The Labute approximate surface area is 123 Å². The van der Waals surface area contributed by atoms with Gasteiger partial charge in [0.1, 0.15) is 6.54 Å². The quantitative estimate of drug-likeness (QED) is 0.727. The van der Waals surface area contributed by atoms with Crippen LogP contribution in [0, 0.1) is 0 Å². The highest BCUT2D eigenvalue weighted by Gasteiger charge is 2.33. The number of carboxylic acid groups (broad SMARTS) is 1. The molecule has 0 aromatic rings. The first-order valence-corrected chi connectivity index (χ1v) is 6.80. The predicted octanol–water partition coefficient (Wildman–Crippen LogP) is 0.165. The van der Waals surface area contributed by atoms with Gasteiger partial charge in [-0.1, -0.05) is 0 Å². The van der Waals surface area contributed by atoms with E-state index in [1.165, 1.54) is 16.9 Å². The fourth-order valence-electron chi connectivity index (χ4n) is 2.12. The van der Waals surface area contributed by atoms with Gasteiger partial charge in [-0.05, 0) is 13.8 Å². The molecule has 0 saturated carbocycles. The van der Waals surface area contributed by atoms with Gasteiger partial charge in [-0.2, -0.15) is 0 Å². The van der Waals surface area contributed by atoms with Gasteiger partial charge in [0, 0.05) is 12.6 Å². The molecule has 1 aliphatic rings. The molecule has 0 bridgehead atoms. The molecule has 1 saturated heterocycles. The van der Waals surface area contributed by atoms with E-state index in [1.54, 1.807) is 13.8 Å². The molecule has 1 N–H and O–H groups in total. The van der Waals surface area contributed by atoms with E-state index in [4.69, 9.17) is 9.84 Å². The second-order valence-corrected chi connectivity index (χ2v) is 5.10. The highest BCUT2D eigenvalue weighted by atomic mass is 16.5. The van der Waals surface area contributed by atoms with Crippen LogP contribution in [0.3, 0.4) is 0 Å². The van der Waals surface area contributed by atoms with Crippen LogP contribution in [-0.4, -0.2) is 78.4 Å². The molecule has 0 spiro atoms. The normalized spacial score (nSPS) is 18.5. The number of morpholine rings is 1. The Morgan fingerprint density at radius 3 is 2.62 bits per heavy atom. The molecule has 0 aliphatic carbocycles. The van der Waals surface area contributed by atoms with Gasteiger partial charge in [-0.25, -0.2) is 4.79 Å². The number of rotatable bonds is 5. The summed E-state index contributed by atoms with van der Waals surface area (Å²) >= 11 is 0. The van der Waals surface area contributed by atoms with E-state index in [2.05, 4.69) is 4.74 Å². The van der Waals surface area contributed by atoms with Gasteiger partial charge < -0.3 is 24.4 Å². The second kappa shape index (κ2) is 7.82. The maximum Gasteiger partial charge on any atom is 0.325 e. The summed E-state index contributed by atoms with van der Waals surface area (Å²) in [5, 5.41) is 8.92. The first kappa shape index (κ1) is 17.2. The second-order valence-electron chi connectivity index (χ2n) is 5.10. The zero-order valence-electron chi connectivity index (χ0n) is 12.6. The summed E-state index contributed by atoms with van der Waals surface area (Å²) in [7, 11) is 1.26. The standard InChI is InChI=1S/C13H22N2O6/c1-9(2)15(7-12(18)20-3)13(19)14-4-5-21-8-10(14)6-11(16)17/h9-10H,4-8H2,1-3H3,(H,16,17). The van der Waals surface area contributed by atoms with Gasteiger partial charge in [-0.3, -0.25) is 9.59 Å². The maximum atomic E-state index is 12.6. The van der Waals surface area contributed by atoms with Crippen molar-refractivity contribution in [2.24, 2.45) is 0 Å². The molecular weight excluding hydrogens is 280 g/mol. The van der Waals surface area contributed by atoms with Gasteiger partial charge in [0.15, 0.2) is 0 Å². The highest BCUT2D eigenvalue weighted by molar-refractivity contribution is 5.82. The third-order valence-corrected chi connectivity index (χ3v) is 3.28. The van der Waals surface area contributed by atoms with Gasteiger partial charge in [-0.15, -0.1) is 0 Å². The summed E-state index contributed by atoms with van der Waals surface area (Å²) in [5.41, 5.74) is 0. The average molecular weight is 302 g/mol. The molecule has 1 heterocycles. The molecule has 1 atom stereocenters. The lowest BCUT2D eigenvalue weighted by Crippen LogP contribution is -2.56. The lowest BCUT2D eigenvalue weighted by molar-refractivity contribution is -0.143. The van der Waals surface area contributed by atoms with Gasteiger partial charge in [0.25, 0.3) is 0 Å². The number of urea groups is 1. The fraction of sp³-hybridized carbons (Fsp3) is 0.769. The van der Waals surface area contributed by atoms with E-state index in [0.717, 1.165) is 0 Å². The number of carbonyl (C=O) groups is 3. The minimum Gasteiger partial charge on any atom is -0.481 e. The van der Waals surface area contributed by atoms with E-state index in [0.29, 0.717) is 13.2 Å². The third-order valence-electron chi connectivity index (χ3n) is 3.28. The Hall–Kier alpha value is -1.83. The first-order valence-electron chi connectivity index (χ1n) is 6.80. The molecule has 2 amide bonds. The van der Waals surface area contributed by atoms with Crippen LogP contribution in [0.2, 0.25) is 0 Å². The lowest BCUT2D eigenvalue weighted by Gasteiger charge is -2.39. The molecule has 1 aliphatic heterocycles. The highest BCUT2D eigenvalue weighted by Crippen LogP contribution is 2.15. The molecule has 8 nitrogen and oxygen atoms in total. The van der Waals surface area contributed by atoms with E-state index in [9.17, 15) is 14.4 Å². The molecule has 8 heteroatoms. The number of esters is 1. The minimum atomic E-state index is -0.993. The summed E-state index contributed by atoms with van der Waals surface area (Å²) in [6.45, 7) is 4.25. The number of hydrogen-bond donors (Lipinski definition) is 1. The summed E-state index contributed by atoms with van der Waals surface area (Å²) in [5.74, 6) is -1.51. The van der Waals surface area contributed by atoms with E-state index >= 15 is 0 Å². The van der Waals surface area contributed by atoms with Crippen molar-refractivity contribution in [2.45, 2.75) is 32.4 Å². The van der Waals surface area contributed by atoms with Crippen LogP contribution < -0.4 is 0 Å². The number of ether oxygens (including phenoxy) is 2. The molecule has 1 unspecified atom stereocenters. The zero-order valence-corrected chi connectivity index (χ0v) is 12.6. The Kier molecular flexibility index (Phi) is 6.41. The minimum absolute atomic E-state index is 0.163. The number of amides is 2.